The maximum Gasteiger partial charge on any atom is 0.177 e. The molecule has 0 aromatic heterocycles. The zero-order valence-electron chi connectivity index (χ0n) is 11.2. The van der Waals surface area contributed by atoms with E-state index in [4.69, 9.17) is 0 Å². The summed E-state index contributed by atoms with van der Waals surface area (Å²) in [5, 5.41) is 13.1. The van der Waals surface area contributed by atoms with E-state index in [1.807, 2.05) is 30.3 Å². The molecule has 0 aliphatic carbocycles. The first-order chi connectivity index (χ1) is 9.48. The molecule has 0 amide bonds. The molecule has 1 unspecified atom stereocenters. The van der Waals surface area contributed by atoms with Crippen LogP contribution in [-0.4, -0.2) is 26.3 Å². The van der Waals surface area contributed by atoms with Crippen molar-refractivity contribution in [3.8, 4) is 0 Å². The molecule has 0 heterocycles. The van der Waals surface area contributed by atoms with Gasteiger partial charge in [-0.15, -0.1) is 0 Å². The van der Waals surface area contributed by atoms with Gasteiger partial charge in [0.05, 0.1) is 16.7 Å². The lowest BCUT2D eigenvalue weighted by Gasteiger charge is -2.15. The van der Waals surface area contributed by atoms with E-state index in [1.165, 1.54) is 6.26 Å². The van der Waals surface area contributed by atoms with Crippen molar-refractivity contribution in [1.29, 1.82) is 0 Å². The highest BCUT2D eigenvalue weighted by atomic mass is 32.2. The zero-order valence-corrected chi connectivity index (χ0v) is 12.0. The smallest absolute Gasteiger partial charge is 0.177 e. The summed E-state index contributed by atoms with van der Waals surface area (Å²) < 4.78 is 23.3. The minimum atomic E-state index is -3.29. The maximum absolute atomic E-state index is 11.7. The molecule has 2 aromatic carbocycles. The molecule has 2 N–H and O–H groups in total. The predicted molar refractivity (Wildman–Crippen MR) is 79.4 cm³/mol. The van der Waals surface area contributed by atoms with Crippen LogP contribution in [0, 0.1) is 0 Å². The van der Waals surface area contributed by atoms with Crippen LogP contribution >= 0.6 is 0 Å². The van der Waals surface area contributed by atoms with Gasteiger partial charge in [-0.25, -0.2) is 8.42 Å². The van der Waals surface area contributed by atoms with E-state index >= 15 is 0 Å². The minimum Gasteiger partial charge on any atom is -0.387 e. The van der Waals surface area contributed by atoms with Gasteiger partial charge in [0.1, 0.15) is 0 Å². The van der Waals surface area contributed by atoms with E-state index in [9.17, 15) is 13.5 Å². The third kappa shape index (κ3) is 3.59. The first kappa shape index (κ1) is 14.6. The number of aliphatic hydroxyl groups excluding tert-OH is 1. The number of anilines is 1. The van der Waals surface area contributed by atoms with E-state index in [1.54, 1.807) is 24.3 Å². The predicted octanol–water partition coefficient (Wildman–Crippen LogP) is 2.24. The highest BCUT2D eigenvalue weighted by Gasteiger charge is 2.13. The molecule has 2 rings (SSSR count). The van der Waals surface area contributed by atoms with Gasteiger partial charge < -0.3 is 10.4 Å². The lowest BCUT2D eigenvalue weighted by Crippen LogP contribution is -2.14. The van der Waals surface area contributed by atoms with Gasteiger partial charge in [0.2, 0.25) is 0 Å². The van der Waals surface area contributed by atoms with E-state index < -0.39 is 15.9 Å². The molecule has 0 spiro atoms. The molecule has 0 aliphatic heterocycles. The summed E-state index contributed by atoms with van der Waals surface area (Å²) in [6.07, 6.45) is 0.477. The van der Waals surface area contributed by atoms with Crippen LogP contribution in [0.3, 0.4) is 0 Å². The number of rotatable bonds is 5. The van der Waals surface area contributed by atoms with Crippen molar-refractivity contribution in [2.24, 2.45) is 0 Å². The summed E-state index contributed by atoms with van der Waals surface area (Å²) in [5.74, 6) is 0. The van der Waals surface area contributed by atoms with E-state index in [0.717, 1.165) is 5.56 Å². The van der Waals surface area contributed by atoms with E-state index in [0.29, 0.717) is 5.69 Å². The molecule has 0 saturated carbocycles. The Morgan fingerprint density at radius 1 is 1.05 bits per heavy atom. The van der Waals surface area contributed by atoms with Crippen molar-refractivity contribution < 1.29 is 13.5 Å². The Balaban J connectivity index is 2.12. The molecule has 0 fully saturated rings. The standard InChI is InChI=1S/C15H17NO3S/c1-20(18,19)15-10-6-5-9-13(15)16-11-14(17)12-7-3-2-4-8-12/h2-10,14,16-17H,11H2,1H3. The van der Waals surface area contributed by atoms with Crippen LogP contribution in [0.15, 0.2) is 59.5 Å². The summed E-state index contributed by atoms with van der Waals surface area (Å²) >= 11 is 0. The van der Waals surface area contributed by atoms with Gasteiger partial charge in [0.25, 0.3) is 0 Å². The summed E-state index contributed by atoms with van der Waals surface area (Å²) in [4.78, 5) is 0.236. The Morgan fingerprint density at radius 2 is 1.65 bits per heavy atom. The average molecular weight is 291 g/mol. The molecule has 0 saturated heterocycles. The Labute approximate surface area is 119 Å². The normalized spacial score (nSPS) is 12.9. The fraction of sp³-hybridized carbons (Fsp3) is 0.200. The van der Waals surface area contributed by atoms with Gasteiger partial charge >= 0.3 is 0 Å². The van der Waals surface area contributed by atoms with Gasteiger partial charge in [0, 0.05) is 12.8 Å². The number of hydrogen-bond donors (Lipinski definition) is 2. The second-order valence-corrected chi connectivity index (χ2v) is 6.56. The Kier molecular flexibility index (Phi) is 4.42. The molecular formula is C15H17NO3S. The van der Waals surface area contributed by atoms with E-state index in [2.05, 4.69) is 5.32 Å². The lowest BCUT2D eigenvalue weighted by molar-refractivity contribution is 0.191. The first-order valence-electron chi connectivity index (χ1n) is 6.24. The van der Waals surface area contributed by atoms with Gasteiger partial charge in [-0.05, 0) is 17.7 Å². The molecule has 20 heavy (non-hydrogen) atoms. The highest BCUT2D eigenvalue weighted by molar-refractivity contribution is 7.90. The number of hydrogen-bond acceptors (Lipinski definition) is 4. The number of aliphatic hydroxyl groups is 1. The van der Waals surface area contributed by atoms with Crippen LogP contribution in [-0.2, 0) is 9.84 Å². The maximum atomic E-state index is 11.7. The molecule has 0 radical (unpaired) electrons. The van der Waals surface area contributed by atoms with Crippen molar-refractivity contribution >= 4 is 15.5 Å². The minimum absolute atomic E-state index is 0.236. The fourth-order valence-electron chi connectivity index (χ4n) is 1.94. The Hall–Kier alpha value is -1.85. The second-order valence-electron chi connectivity index (χ2n) is 4.58. The molecule has 106 valence electrons. The van der Waals surface area contributed by atoms with Crippen LogP contribution < -0.4 is 5.32 Å². The first-order valence-corrected chi connectivity index (χ1v) is 8.13. The van der Waals surface area contributed by atoms with Gasteiger partial charge in [-0.1, -0.05) is 42.5 Å². The summed E-state index contributed by atoms with van der Waals surface area (Å²) in [6, 6.07) is 15.9. The summed E-state index contributed by atoms with van der Waals surface area (Å²) in [7, 11) is -3.29. The van der Waals surface area contributed by atoms with Crippen molar-refractivity contribution in [2.75, 3.05) is 18.1 Å². The van der Waals surface area contributed by atoms with Crippen molar-refractivity contribution in [2.45, 2.75) is 11.0 Å². The molecule has 0 bridgehead atoms. The van der Waals surface area contributed by atoms with Gasteiger partial charge in [-0.2, -0.15) is 0 Å². The Bertz CT molecular complexity index is 669. The number of benzene rings is 2. The number of nitrogens with one attached hydrogen (secondary N) is 1. The largest absolute Gasteiger partial charge is 0.387 e. The molecule has 1 atom stereocenters. The summed E-state index contributed by atoms with van der Waals surface area (Å²) in [5.41, 5.74) is 1.29. The third-order valence-corrected chi connectivity index (χ3v) is 4.11. The zero-order chi connectivity index (χ0) is 14.6. The lowest BCUT2D eigenvalue weighted by atomic mass is 10.1. The molecule has 2 aromatic rings. The fourth-order valence-corrected chi connectivity index (χ4v) is 2.80. The summed E-state index contributed by atoms with van der Waals surface area (Å²) in [6.45, 7) is 0.247. The van der Waals surface area contributed by atoms with Gasteiger partial charge in [-0.3, -0.25) is 0 Å². The molecule has 4 nitrogen and oxygen atoms in total. The SMILES string of the molecule is CS(=O)(=O)c1ccccc1NCC(O)c1ccccc1. The van der Waals surface area contributed by atoms with Crippen LogP contribution in [0.4, 0.5) is 5.69 Å². The molecular weight excluding hydrogens is 274 g/mol. The van der Waals surface area contributed by atoms with Crippen LogP contribution in [0.1, 0.15) is 11.7 Å². The second kappa shape index (κ2) is 6.07. The Morgan fingerprint density at radius 3 is 2.30 bits per heavy atom. The monoisotopic (exact) mass is 291 g/mol. The van der Waals surface area contributed by atoms with E-state index in [-0.39, 0.29) is 11.4 Å². The molecule has 0 aliphatic rings. The quantitative estimate of drug-likeness (QED) is 0.886. The number of sulfone groups is 1. The van der Waals surface area contributed by atoms with Crippen LogP contribution in [0.5, 0.6) is 0 Å². The molecule has 5 heteroatoms. The average Bonchev–Trinajstić information content (AvgIpc) is 2.45. The van der Waals surface area contributed by atoms with Crippen LogP contribution in [0.25, 0.3) is 0 Å². The highest BCUT2D eigenvalue weighted by Crippen LogP contribution is 2.22. The number of para-hydroxylation sites is 1. The van der Waals surface area contributed by atoms with Crippen molar-refractivity contribution in [3.63, 3.8) is 0 Å². The van der Waals surface area contributed by atoms with Crippen molar-refractivity contribution in [3.05, 3.63) is 60.2 Å². The third-order valence-electron chi connectivity index (χ3n) is 2.96. The topological polar surface area (TPSA) is 66.4 Å². The van der Waals surface area contributed by atoms with Crippen LogP contribution in [0.2, 0.25) is 0 Å². The van der Waals surface area contributed by atoms with Gasteiger partial charge in [0.15, 0.2) is 9.84 Å². The van der Waals surface area contributed by atoms with Crippen molar-refractivity contribution in [1.82, 2.24) is 0 Å².